The molecule has 1 aromatic heterocycles. The van der Waals surface area contributed by atoms with Crippen molar-refractivity contribution in [3.8, 4) is 45.0 Å². The predicted molar refractivity (Wildman–Crippen MR) is 207 cm³/mol. The van der Waals surface area contributed by atoms with Gasteiger partial charge in [-0.3, -0.25) is 0 Å². The SMILES string of the molecule is CC1c2ccccc2C(c2ccccc2)(c2nc(-c3ccccc3-c3ccccc3)nc(-c3ccccc3-c3ccccc3)n2)c2ccccc21. The standard InChI is InChI=1S/C48H35N3/c1-33-37-25-15-17-31-43(37)48(36-23-9-4-10-24-36,44-32-18-16-26-38(33)44)47-50-45(41-29-13-11-27-39(41)34-19-5-2-6-20-34)49-46(51-47)42-30-14-12-28-40(42)35-21-7-3-8-22-35/h2-33H,1H3. The Kier molecular flexibility index (Phi) is 7.67. The van der Waals surface area contributed by atoms with E-state index in [1.165, 1.54) is 22.3 Å². The third-order valence-electron chi connectivity index (χ3n) is 10.3. The molecular weight excluding hydrogens is 619 g/mol. The van der Waals surface area contributed by atoms with Gasteiger partial charge in [-0.05, 0) is 50.1 Å². The van der Waals surface area contributed by atoms with Gasteiger partial charge in [-0.25, -0.2) is 15.0 Å². The van der Waals surface area contributed by atoms with Crippen molar-refractivity contribution in [3.05, 3.63) is 222 Å². The van der Waals surface area contributed by atoms with Crippen LogP contribution in [-0.4, -0.2) is 15.0 Å². The lowest BCUT2D eigenvalue weighted by Crippen LogP contribution is -2.39. The first-order chi connectivity index (χ1) is 25.2. The van der Waals surface area contributed by atoms with E-state index in [2.05, 4.69) is 183 Å². The Bertz CT molecular complexity index is 2340. The van der Waals surface area contributed by atoms with Crippen LogP contribution in [-0.2, 0) is 5.41 Å². The van der Waals surface area contributed by atoms with Crippen LogP contribution in [0.15, 0.2) is 188 Å². The molecule has 51 heavy (non-hydrogen) atoms. The first kappa shape index (κ1) is 30.6. The van der Waals surface area contributed by atoms with Crippen LogP contribution in [0.5, 0.6) is 0 Å². The summed E-state index contributed by atoms with van der Waals surface area (Å²) in [6.07, 6.45) is 0. The Morgan fingerprint density at radius 2 is 0.745 bits per heavy atom. The Labute approximate surface area is 299 Å². The quantitative estimate of drug-likeness (QED) is 0.179. The van der Waals surface area contributed by atoms with E-state index in [0.717, 1.165) is 38.9 Å². The number of rotatable bonds is 6. The summed E-state index contributed by atoms with van der Waals surface area (Å²) in [5.74, 6) is 2.18. The minimum Gasteiger partial charge on any atom is -0.211 e. The van der Waals surface area contributed by atoms with Crippen LogP contribution in [0.1, 0.15) is 46.5 Å². The maximum absolute atomic E-state index is 5.59. The van der Waals surface area contributed by atoms with Crippen molar-refractivity contribution in [1.29, 1.82) is 0 Å². The molecule has 1 aliphatic rings. The highest BCUT2D eigenvalue weighted by molar-refractivity contribution is 5.84. The maximum Gasteiger partial charge on any atom is 0.164 e. The van der Waals surface area contributed by atoms with E-state index in [1.807, 2.05) is 12.1 Å². The third-order valence-corrected chi connectivity index (χ3v) is 10.3. The summed E-state index contributed by atoms with van der Waals surface area (Å²) in [4.78, 5) is 16.6. The largest absolute Gasteiger partial charge is 0.211 e. The molecule has 0 aliphatic heterocycles. The van der Waals surface area contributed by atoms with Crippen LogP contribution in [0.2, 0.25) is 0 Å². The summed E-state index contributed by atoms with van der Waals surface area (Å²) in [6.45, 7) is 2.31. The lowest BCUT2D eigenvalue weighted by molar-refractivity contribution is 0.626. The molecule has 0 spiro atoms. The molecule has 3 nitrogen and oxygen atoms in total. The fourth-order valence-corrected chi connectivity index (χ4v) is 7.99. The van der Waals surface area contributed by atoms with Crippen LogP contribution in [0.4, 0.5) is 0 Å². The van der Waals surface area contributed by atoms with E-state index >= 15 is 0 Å². The van der Waals surface area contributed by atoms with E-state index in [1.54, 1.807) is 0 Å². The molecule has 0 unspecified atom stereocenters. The van der Waals surface area contributed by atoms with Crippen LogP contribution < -0.4 is 0 Å². The van der Waals surface area contributed by atoms with Gasteiger partial charge in [0.2, 0.25) is 0 Å². The lowest BCUT2D eigenvalue weighted by atomic mass is 9.60. The molecule has 1 aliphatic carbocycles. The average Bonchev–Trinajstić information content (AvgIpc) is 3.22. The van der Waals surface area contributed by atoms with Gasteiger partial charge in [0, 0.05) is 17.0 Å². The topological polar surface area (TPSA) is 38.7 Å². The van der Waals surface area contributed by atoms with Crippen molar-refractivity contribution in [2.45, 2.75) is 18.3 Å². The minimum atomic E-state index is -0.809. The summed E-state index contributed by atoms with van der Waals surface area (Å²) in [7, 11) is 0. The fraction of sp³-hybridized carbons (Fsp3) is 0.0625. The molecule has 0 N–H and O–H groups in total. The van der Waals surface area contributed by atoms with Crippen molar-refractivity contribution in [2.75, 3.05) is 0 Å². The summed E-state index contributed by atoms with van der Waals surface area (Å²) in [6, 6.07) is 66.3. The minimum absolute atomic E-state index is 0.202. The number of aromatic nitrogens is 3. The number of hydrogen-bond donors (Lipinski definition) is 0. The molecule has 242 valence electrons. The van der Waals surface area contributed by atoms with E-state index < -0.39 is 5.41 Å². The number of benzene rings is 7. The normalized spacial score (nSPS) is 16.2. The molecule has 1 heterocycles. The van der Waals surface area contributed by atoms with E-state index in [4.69, 9.17) is 15.0 Å². The second kappa shape index (κ2) is 12.8. The third kappa shape index (κ3) is 5.09. The zero-order chi connectivity index (χ0) is 34.2. The van der Waals surface area contributed by atoms with Gasteiger partial charge in [-0.15, -0.1) is 0 Å². The van der Waals surface area contributed by atoms with Gasteiger partial charge in [0.25, 0.3) is 0 Å². The second-order valence-electron chi connectivity index (χ2n) is 13.1. The van der Waals surface area contributed by atoms with Crippen molar-refractivity contribution in [2.24, 2.45) is 0 Å². The molecule has 0 saturated carbocycles. The highest BCUT2D eigenvalue weighted by Gasteiger charge is 2.48. The van der Waals surface area contributed by atoms with Crippen LogP contribution in [0.25, 0.3) is 45.0 Å². The van der Waals surface area contributed by atoms with Gasteiger partial charge in [0.05, 0.1) is 0 Å². The monoisotopic (exact) mass is 653 g/mol. The van der Waals surface area contributed by atoms with Gasteiger partial charge in [-0.1, -0.05) is 195 Å². The van der Waals surface area contributed by atoms with Crippen molar-refractivity contribution < 1.29 is 0 Å². The van der Waals surface area contributed by atoms with Crippen LogP contribution in [0.3, 0.4) is 0 Å². The molecule has 7 aromatic carbocycles. The number of fused-ring (bicyclic) bond motifs is 2. The van der Waals surface area contributed by atoms with Gasteiger partial charge >= 0.3 is 0 Å². The number of hydrogen-bond acceptors (Lipinski definition) is 3. The Hall–Kier alpha value is -6.45. The summed E-state index contributed by atoms with van der Waals surface area (Å²) in [5, 5.41) is 0. The molecule has 0 radical (unpaired) electrons. The number of nitrogens with zero attached hydrogens (tertiary/aromatic N) is 3. The first-order valence-corrected chi connectivity index (χ1v) is 17.5. The Morgan fingerprint density at radius 1 is 0.373 bits per heavy atom. The van der Waals surface area contributed by atoms with Gasteiger partial charge in [-0.2, -0.15) is 0 Å². The molecule has 0 bridgehead atoms. The molecule has 3 heteroatoms. The zero-order valence-corrected chi connectivity index (χ0v) is 28.3. The van der Waals surface area contributed by atoms with Crippen molar-refractivity contribution in [3.63, 3.8) is 0 Å². The molecule has 0 amide bonds. The van der Waals surface area contributed by atoms with Gasteiger partial charge in [0.1, 0.15) is 5.41 Å². The van der Waals surface area contributed by atoms with Crippen LogP contribution >= 0.6 is 0 Å². The van der Waals surface area contributed by atoms with E-state index in [9.17, 15) is 0 Å². The lowest BCUT2D eigenvalue weighted by Gasteiger charge is -2.42. The molecule has 8 aromatic rings. The molecule has 0 fully saturated rings. The molecule has 0 saturated heterocycles. The predicted octanol–water partition coefficient (Wildman–Crippen LogP) is 11.4. The van der Waals surface area contributed by atoms with E-state index in [-0.39, 0.29) is 5.92 Å². The van der Waals surface area contributed by atoms with Crippen molar-refractivity contribution >= 4 is 0 Å². The summed E-state index contributed by atoms with van der Waals surface area (Å²) < 4.78 is 0. The average molecular weight is 654 g/mol. The highest BCUT2D eigenvalue weighted by Crippen LogP contribution is 2.53. The summed E-state index contributed by atoms with van der Waals surface area (Å²) >= 11 is 0. The first-order valence-electron chi connectivity index (χ1n) is 17.5. The smallest absolute Gasteiger partial charge is 0.164 e. The molecule has 0 atom stereocenters. The fourth-order valence-electron chi connectivity index (χ4n) is 7.99. The highest BCUT2D eigenvalue weighted by atomic mass is 15.0. The van der Waals surface area contributed by atoms with Crippen molar-refractivity contribution in [1.82, 2.24) is 15.0 Å². The van der Waals surface area contributed by atoms with Crippen LogP contribution in [0, 0.1) is 0 Å². The Morgan fingerprint density at radius 3 is 1.22 bits per heavy atom. The molecule has 9 rings (SSSR count). The zero-order valence-electron chi connectivity index (χ0n) is 28.3. The van der Waals surface area contributed by atoms with E-state index in [0.29, 0.717) is 17.5 Å². The van der Waals surface area contributed by atoms with Gasteiger partial charge < -0.3 is 0 Å². The maximum atomic E-state index is 5.59. The molecular formula is C48H35N3. The summed E-state index contributed by atoms with van der Waals surface area (Å²) in [5.41, 5.74) is 11.5. The van der Waals surface area contributed by atoms with Gasteiger partial charge in [0.15, 0.2) is 17.5 Å². The second-order valence-corrected chi connectivity index (χ2v) is 13.1. The Balaban J connectivity index is 1.42.